The maximum atomic E-state index is 12.3. The standard InChI is InChI=1S/C20H26O6/c1-5-14(10-21)20(24)26-17-9-12(3)7-15(22)6-11(2)8-16-18(17)13(4)19(23)25-16/h5,7-8,15-18,21-22H,4,6,9-10H2,1-3H3/b11-8+,12-7+,14-5-/t15-,16+,17-,18-/m0/s1. The smallest absolute Gasteiger partial charge is 0.336 e. The van der Waals surface area contributed by atoms with Crippen LogP contribution in [0.3, 0.4) is 0 Å². The maximum absolute atomic E-state index is 12.3. The number of ether oxygens (including phenoxy) is 2. The Morgan fingerprint density at radius 3 is 2.62 bits per heavy atom. The highest BCUT2D eigenvalue weighted by Gasteiger charge is 2.44. The van der Waals surface area contributed by atoms with Crippen LogP contribution in [0.15, 0.2) is 47.1 Å². The van der Waals surface area contributed by atoms with Gasteiger partial charge in [0, 0.05) is 12.0 Å². The van der Waals surface area contributed by atoms with Crippen molar-refractivity contribution in [1.29, 1.82) is 0 Å². The summed E-state index contributed by atoms with van der Waals surface area (Å²) in [4.78, 5) is 24.4. The summed E-state index contributed by atoms with van der Waals surface area (Å²) in [6, 6.07) is 0. The van der Waals surface area contributed by atoms with E-state index in [0.29, 0.717) is 12.8 Å². The zero-order valence-electron chi connectivity index (χ0n) is 15.4. The molecule has 0 aromatic heterocycles. The molecule has 1 saturated heterocycles. The third-order valence-corrected chi connectivity index (χ3v) is 4.68. The van der Waals surface area contributed by atoms with E-state index < -0.39 is 42.8 Å². The molecule has 142 valence electrons. The summed E-state index contributed by atoms with van der Waals surface area (Å²) in [5.74, 6) is -1.67. The Balaban J connectivity index is 2.41. The summed E-state index contributed by atoms with van der Waals surface area (Å²) in [5.41, 5.74) is 2.11. The summed E-state index contributed by atoms with van der Waals surface area (Å²) >= 11 is 0. The van der Waals surface area contributed by atoms with E-state index in [2.05, 4.69) is 6.58 Å². The SMILES string of the molecule is C=C1C(=O)O[C@@H]2/C=C(\C)C[C@H](O)/C=C(\C)C[C@H](OC(=O)/C(=C\C)CO)[C@@H]12. The molecule has 0 saturated carbocycles. The molecule has 2 N–H and O–H groups in total. The minimum absolute atomic E-state index is 0.142. The second kappa shape index (κ2) is 8.47. The lowest BCUT2D eigenvalue weighted by Gasteiger charge is -2.28. The fraction of sp³-hybridized carbons (Fsp3) is 0.500. The van der Waals surface area contributed by atoms with Gasteiger partial charge in [-0.2, -0.15) is 0 Å². The average molecular weight is 362 g/mol. The van der Waals surface area contributed by atoms with Crippen molar-refractivity contribution in [3.63, 3.8) is 0 Å². The second-order valence-electron chi connectivity index (χ2n) is 6.84. The van der Waals surface area contributed by atoms with Crippen LogP contribution in [0, 0.1) is 5.92 Å². The number of carbonyl (C=O) groups excluding carboxylic acids is 2. The van der Waals surface area contributed by atoms with Crippen molar-refractivity contribution in [2.45, 2.75) is 51.9 Å². The van der Waals surface area contributed by atoms with Crippen LogP contribution in [-0.2, 0) is 19.1 Å². The highest BCUT2D eigenvalue weighted by Crippen LogP contribution is 2.36. The lowest BCUT2D eigenvalue weighted by Crippen LogP contribution is -2.34. The Bertz CT molecular complexity index is 684. The van der Waals surface area contributed by atoms with Gasteiger partial charge in [-0.1, -0.05) is 29.9 Å². The highest BCUT2D eigenvalue weighted by molar-refractivity contribution is 5.92. The number of hydrogen-bond acceptors (Lipinski definition) is 6. The predicted molar refractivity (Wildman–Crippen MR) is 96.0 cm³/mol. The molecular weight excluding hydrogens is 336 g/mol. The van der Waals surface area contributed by atoms with Crippen molar-refractivity contribution in [3.8, 4) is 0 Å². The van der Waals surface area contributed by atoms with Crippen LogP contribution < -0.4 is 0 Å². The Kier molecular flexibility index (Phi) is 6.56. The van der Waals surface area contributed by atoms with Gasteiger partial charge in [0.05, 0.1) is 24.2 Å². The number of aliphatic hydroxyl groups is 2. The fourth-order valence-electron chi connectivity index (χ4n) is 3.36. The molecule has 1 heterocycles. The Morgan fingerprint density at radius 2 is 2.00 bits per heavy atom. The Morgan fingerprint density at radius 1 is 1.35 bits per heavy atom. The first-order valence-electron chi connectivity index (χ1n) is 8.66. The molecule has 0 unspecified atom stereocenters. The van der Waals surface area contributed by atoms with Crippen LogP contribution in [-0.4, -0.2) is 47.1 Å². The van der Waals surface area contributed by atoms with Crippen LogP contribution in [0.25, 0.3) is 0 Å². The highest BCUT2D eigenvalue weighted by atomic mass is 16.6. The fourth-order valence-corrected chi connectivity index (χ4v) is 3.36. The topological polar surface area (TPSA) is 93.1 Å². The molecule has 1 aliphatic heterocycles. The first kappa shape index (κ1) is 20.1. The van der Waals surface area contributed by atoms with Gasteiger partial charge < -0.3 is 19.7 Å². The zero-order chi connectivity index (χ0) is 19.4. The number of carbonyl (C=O) groups is 2. The molecular formula is C20H26O6. The minimum atomic E-state index is -0.696. The summed E-state index contributed by atoms with van der Waals surface area (Å²) < 4.78 is 11.0. The summed E-state index contributed by atoms with van der Waals surface area (Å²) in [7, 11) is 0. The monoisotopic (exact) mass is 362 g/mol. The van der Waals surface area contributed by atoms with Gasteiger partial charge in [-0.25, -0.2) is 9.59 Å². The largest absolute Gasteiger partial charge is 0.458 e. The van der Waals surface area contributed by atoms with Crippen molar-refractivity contribution < 1.29 is 29.3 Å². The number of esters is 2. The number of hydrogen-bond donors (Lipinski definition) is 2. The third-order valence-electron chi connectivity index (χ3n) is 4.68. The van der Waals surface area contributed by atoms with E-state index in [4.69, 9.17) is 9.47 Å². The second-order valence-corrected chi connectivity index (χ2v) is 6.84. The number of aliphatic hydroxyl groups excluding tert-OH is 2. The first-order valence-corrected chi connectivity index (χ1v) is 8.66. The number of allylic oxidation sites excluding steroid dienone is 1. The normalized spacial score (nSPS) is 34.1. The van der Waals surface area contributed by atoms with Gasteiger partial charge in [-0.05, 0) is 33.3 Å². The van der Waals surface area contributed by atoms with E-state index in [0.717, 1.165) is 11.1 Å². The van der Waals surface area contributed by atoms with Crippen LogP contribution >= 0.6 is 0 Å². The van der Waals surface area contributed by atoms with Gasteiger partial charge in [-0.3, -0.25) is 0 Å². The maximum Gasteiger partial charge on any atom is 0.336 e. The quantitative estimate of drug-likeness (QED) is 0.453. The molecule has 0 aromatic rings. The lowest BCUT2D eigenvalue weighted by atomic mass is 9.85. The van der Waals surface area contributed by atoms with Crippen molar-refractivity contribution in [2.24, 2.45) is 5.92 Å². The summed E-state index contributed by atoms with van der Waals surface area (Å²) in [5, 5.41) is 19.4. The molecule has 0 radical (unpaired) electrons. The zero-order valence-corrected chi connectivity index (χ0v) is 15.4. The van der Waals surface area contributed by atoms with Crippen molar-refractivity contribution in [2.75, 3.05) is 6.61 Å². The number of rotatable bonds is 3. The first-order chi connectivity index (χ1) is 12.3. The number of fused-ring (bicyclic) bond motifs is 1. The van der Waals surface area contributed by atoms with Gasteiger partial charge in [0.1, 0.15) is 12.2 Å². The molecule has 6 nitrogen and oxygen atoms in total. The van der Waals surface area contributed by atoms with Crippen molar-refractivity contribution in [3.05, 3.63) is 47.1 Å². The minimum Gasteiger partial charge on any atom is -0.458 e. The van der Waals surface area contributed by atoms with E-state index in [9.17, 15) is 19.8 Å². The van der Waals surface area contributed by atoms with Crippen molar-refractivity contribution >= 4 is 11.9 Å². The molecule has 1 aliphatic carbocycles. The third kappa shape index (κ3) is 4.51. The van der Waals surface area contributed by atoms with E-state index in [1.165, 1.54) is 6.08 Å². The Labute approximate surface area is 153 Å². The average Bonchev–Trinajstić information content (AvgIpc) is 2.81. The van der Waals surface area contributed by atoms with Crippen molar-refractivity contribution in [1.82, 2.24) is 0 Å². The van der Waals surface area contributed by atoms with Crippen LogP contribution in [0.1, 0.15) is 33.6 Å². The van der Waals surface area contributed by atoms with E-state index in [-0.39, 0.29) is 11.1 Å². The van der Waals surface area contributed by atoms with Gasteiger partial charge >= 0.3 is 11.9 Å². The molecule has 0 aromatic carbocycles. The summed E-state index contributed by atoms with van der Waals surface area (Å²) in [6.07, 6.45) is 3.79. The molecule has 26 heavy (non-hydrogen) atoms. The predicted octanol–water partition coefficient (Wildman–Crippen LogP) is 1.98. The van der Waals surface area contributed by atoms with Crippen LogP contribution in [0.5, 0.6) is 0 Å². The van der Waals surface area contributed by atoms with E-state index in [1.54, 1.807) is 19.1 Å². The Hall–Kier alpha value is -2.18. The van der Waals surface area contributed by atoms with Gasteiger partial charge in [0.25, 0.3) is 0 Å². The summed E-state index contributed by atoms with van der Waals surface area (Å²) in [6.45, 7) is 8.72. The van der Waals surface area contributed by atoms with Gasteiger partial charge in [0.2, 0.25) is 0 Å². The molecule has 1 fully saturated rings. The molecule has 2 rings (SSSR count). The van der Waals surface area contributed by atoms with Crippen LogP contribution in [0.2, 0.25) is 0 Å². The molecule has 0 spiro atoms. The van der Waals surface area contributed by atoms with E-state index in [1.807, 2.05) is 13.8 Å². The molecule has 2 aliphatic rings. The lowest BCUT2D eigenvalue weighted by molar-refractivity contribution is -0.147. The molecule has 0 bridgehead atoms. The van der Waals surface area contributed by atoms with Gasteiger partial charge in [0.15, 0.2) is 0 Å². The van der Waals surface area contributed by atoms with E-state index >= 15 is 0 Å². The van der Waals surface area contributed by atoms with Gasteiger partial charge in [-0.15, -0.1) is 0 Å². The van der Waals surface area contributed by atoms with Crippen LogP contribution in [0.4, 0.5) is 0 Å². The molecule has 6 heteroatoms. The molecule has 4 atom stereocenters. The molecule has 0 amide bonds.